The van der Waals surface area contributed by atoms with Crippen LogP contribution in [0.3, 0.4) is 0 Å². The van der Waals surface area contributed by atoms with Crippen molar-refractivity contribution in [1.82, 2.24) is 4.90 Å². The number of carbonyl (C=O) groups is 1. The number of ether oxygens (including phenoxy) is 1. The van der Waals surface area contributed by atoms with Crippen molar-refractivity contribution >= 4 is 17.7 Å². The molecule has 0 radical (unpaired) electrons. The highest BCUT2D eigenvalue weighted by Crippen LogP contribution is 2.42. The molecule has 1 aliphatic heterocycles. The number of nitrogens with two attached hydrogens (primary N) is 1. The molecule has 1 aliphatic carbocycles. The Hall–Kier alpha value is -0.260. The molecule has 1 saturated carbocycles. The van der Waals surface area contributed by atoms with Crippen LogP contribution in [0.4, 0.5) is 0 Å². The van der Waals surface area contributed by atoms with Crippen molar-refractivity contribution in [3.05, 3.63) is 0 Å². The van der Waals surface area contributed by atoms with Crippen molar-refractivity contribution in [3.63, 3.8) is 0 Å². The highest BCUT2D eigenvalue weighted by molar-refractivity contribution is 7.99. The lowest BCUT2D eigenvalue weighted by Gasteiger charge is -2.44. The van der Waals surface area contributed by atoms with E-state index in [4.69, 9.17) is 10.5 Å². The van der Waals surface area contributed by atoms with Crippen molar-refractivity contribution < 1.29 is 9.53 Å². The van der Waals surface area contributed by atoms with Gasteiger partial charge in [0, 0.05) is 32.0 Å². The average molecular weight is 272 g/mol. The fourth-order valence-corrected chi connectivity index (χ4v) is 4.05. The van der Waals surface area contributed by atoms with Crippen LogP contribution in [0.25, 0.3) is 0 Å². The number of hydrogen-bond acceptors (Lipinski definition) is 4. The number of carbonyl (C=O) groups excluding carboxylic acids is 1. The lowest BCUT2D eigenvalue weighted by molar-refractivity contribution is -0.149. The van der Waals surface area contributed by atoms with E-state index in [1.54, 1.807) is 7.11 Å². The maximum absolute atomic E-state index is 12.8. The van der Waals surface area contributed by atoms with Gasteiger partial charge in [-0.2, -0.15) is 11.8 Å². The first-order chi connectivity index (χ1) is 8.73. The molecule has 2 rings (SSSR count). The SMILES string of the molecule is COCCN(C(=O)C1(CN)CCC1)C1CCSC1. The molecule has 2 fully saturated rings. The van der Waals surface area contributed by atoms with Crippen LogP contribution in [0.15, 0.2) is 0 Å². The first kappa shape index (κ1) is 14.2. The van der Waals surface area contributed by atoms with Gasteiger partial charge in [-0.25, -0.2) is 0 Å². The Morgan fingerprint density at radius 3 is 2.78 bits per heavy atom. The fourth-order valence-electron chi connectivity index (χ4n) is 2.82. The van der Waals surface area contributed by atoms with Gasteiger partial charge in [0.2, 0.25) is 5.91 Å². The van der Waals surface area contributed by atoms with Crippen LogP contribution in [-0.4, -0.2) is 55.2 Å². The quantitative estimate of drug-likeness (QED) is 0.786. The van der Waals surface area contributed by atoms with E-state index in [-0.39, 0.29) is 11.3 Å². The molecule has 1 unspecified atom stereocenters. The molecular weight excluding hydrogens is 248 g/mol. The number of thioether (sulfide) groups is 1. The molecule has 18 heavy (non-hydrogen) atoms. The molecule has 1 amide bonds. The van der Waals surface area contributed by atoms with E-state index in [0.717, 1.165) is 37.2 Å². The first-order valence-electron chi connectivity index (χ1n) is 6.81. The second-order valence-corrected chi connectivity index (χ2v) is 6.50. The summed E-state index contributed by atoms with van der Waals surface area (Å²) in [5, 5.41) is 0. The van der Waals surface area contributed by atoms with E-state index < -0.39 is 0 Å². The molecule has 0 aromatic carbocycles. The summed E-state index contributed by atoms with van der Waals surface area (Å²) in [5.74, 6) is 2.51. The second kappa shape index (κ2) is 6.26. The Labute approximate surface area is 114 Å². The van der Waals surface area contributed by atoms with Crippen molar-refractivity contribution in [2.45, 2.75) is 31.7 Å². The predicted octanol–water partition coefficient (Wildman–Crippen LogP) is 1.10. The van der Waals surface area contributed by atoms with Gasteiger partial charge in [0.1, 0.15) is 0 Å². The predicted molar refractivity (Wildman–Crippen MR) is 74.7 cm³/mol. The third-order valence-corrected chi connectivity index (χ3v) is 5.44. The van der Waals surface area contributed by atoms with Crippen molar-refractivity contribution in [2.24, 2.45) is 11.1 Å². The highest BCUT2D eigenvalue weighted by Gasteiger charge is 2.46. The minimum absolute atomic E-state index is 0.249. The van der Waals surface area contributed by atoms with Crippen LogP contribution < -0.4 is 5.73 Å². The van der Waals surface area contributed by atoms with Gasteiger partial charge < -0.3 is 15.4 Å². The Kier molecular flexibility index (Phi) is 4.92. The van der Waals surface area contributed by atoms with E-state index in [1.165, 1.54) is 0 Å². The van der Waals surface area contributed by atoms with Gasteiger partial charge in [-0.05, 0) is 25.0 Å². The molecule has 1 saturated heterocycles. The molecule has 2 aliphatic rings. The summed E-state index contributed by atoms with van der Waals surface area (Å²) >= 11 is 1.94. The second-order valence-electron chi connectivity index (χ2n) is 5.35. The maximum atomic E-state index is 12.8. The zero-order valence-corrected chi connectivity index (χ0v) is 12.0. The summed E-state index contributed by atoms with van der Waals surface area (Å²) in [5.41, 5.74) is 5.60. The van der Waals surface area contributed by atoms with Crippen molar-refractivity contribution in [2.75, 3.05) is 38.3 Å². The monoisotopic (exact) mass is 272 g/mol. The lowest BCUT2D eigenvalue weighted by atomic mass is 9.67. The van der Waals surface area contributed by atoms with Crippen molar-refractivity contribution in [1.29, 1.82) is 0 Å². The largest absolute Gasteiger partial charge is 0.383 e. The zero-order chi connectivity index (χ0) is 13.0. The Morgan fingerprint density at radius 1 is 1.56 bits per heavy atom. The minimum Gasteiger partial charge on any atom is -0.383 e. The molecule has 0 spiro atoms. The highest BCUT2D eigenvalue weighted by atomic mass is 32.2. The smallest absolute Gasteiger partial charge is 0.230 e. The first-order valence-corrected chi connectivity index (χ1v) is 7.97. The number of methoxy groups -OCH3 is 1. The summed E-state index contributed by atoms with van der Waals surface area (Å²) < 4.78 is 5.15. The maximum Gasteiger partial charge on any atom is 0.230 e. The summed E-state index contributed by atoms with van der Waals surface area (Å²) in [4.78, 5) is 14.8. The van der Waals surface area contributed by atoms with Crippen molar-refractivity contribution in [3.8, 4) is 0 Å². The molecule has 0 aromatic rings. The van der Waals surface area contributed by atoms with Crippen LogP contribution in [0.1, 0.15) is 25.7 Å². The minimum atomic E-state index is -0.249. The van der Waals surface area contributed by atoms with E-state index >= 15 is 0 Å². The van der Waals surface area contributed by atoms with Crippen LogP contribution in [0, 0.1) is 5.41 Å². The van der Waals surface area contributed by atoms with Gasteiger partial charge in [-0.3, -0.25) is 4.79 Å². The van der Waals surface area contributed by atoms with E-state index in [2.05, 4.69) is 4.90 Å². The zero-order valence-electron chi connectivity index (χ0n) is 11.2. The number of hydrogen-bond donors (Lipinski definition) is 1. The summed E-state index contributed by atoms with van der Waals surface area (Å²) in [6.45, 7) is 1.82. The Morgan fingerprint density at radius 2 is 2.33 bits per heavy atom. The topological polar surface area (TPSA) is 55.6 Å². The summed E-state index contributed by atoms with van der Waals surface area (Å²) in [6, 6.07) is 0.390. The van der Waals surface area contributed by atoms with Crippen LogP contribution in [-0.2, 0) is 9.53 Å². The molecular formula is C13H24N2O2S. The van der Waals surface area contributed by atoms with Gasteiger partial charge in [0.15, 0.2) is 0 Å². The normalized spacial score (nSPS) is 25.8. The summed E-state index contributed by atoms with van der Waals surface area (Å²) in [6.07, 6.45) is 4.18. The average Bonchev–Trinajstić information content (AvgIpc) is 2.82. The van der Waals surface area contributed by atoms with Gasteiger partial charge in [-0.15, -0.1) is 0 Å². The molecule has 1 atom stereocenters. The van der Waals surface area contributed by atoms with Crippen LogP contribution >= 0.6 is 11.8 Å². The third-order valence-electron chi connectivity index (χ3n) is 4.30. The number of amides is 1. The molecule has 104 valence electrons. The third kappa shape index (κ3) is 2.68. The Bertz CT molecular complexity index is 283. The molecule has 0 bridgehead atoms. The fraction of sp³-hybridized carbons (Fsp3) is 0.923. The summed E-state index contributed by atoms with van der Waals surface area (Å²) in [7, 11) is 1.69. The molecule has 1 heterocycles. The van der Waals surface area contributed by atoms with Gasteiger partial charge in [0.05, 0.1) is 12.0 Å². The van der Waals surface area contributed by atoms with E-state index in [9.17, 15) is 4.79 Å². The number of nitrogens with zero attached hydrogens (tertiary/aromatic N) is 1. The lowest BCUT2D eigenvalue weighted by Crippen LogP contribution is -2.55. The molecule has 2 N–H and O–H groups in total. The molecule has 0 aromatic heterocycles. The molecule has 4 nitrogen and oxygen atoms in total. The van der Waals surface area contributed by atoms with Gasteiger partial charge >= 0.3 is 0 Å². The molecule has 5 heteroatoms. The van der Waals surface area contributed by atoms with Gasteiger partial charge in [-0.1, -0.05) is 6.42 Å². The van der Waals surface area contributed by atoms with Crippen LogP contribution in [0.5, 0.6) is 0 Å². The standard InChI is InChI=1S/C13H24N2O2S/c1-17-7-6-15(11-3-8-18-9-11)12(16)13(10-14)4-2-5-13/h11H,2-10,14H2,1H3. The van der Waals surface area contributed by atoms with Crippen LogP contribution in [0.2, 0.25) is 0 Å². The van der Waals surface area contributed by atoms with E-state index in [1.807, 2.05) is 11.8 Å². The number of rotatable bonds is 6. The van der Waals surface area contributed by atoms with Gasteiger partial charge in [0.25, 0.3) is 0 Å². The van der Waals surface area contributed by atoms with E-state index in [0.29, 0.717) is 25.7 Å². The Balaban J connectivity index is 2.04.